The van der Waals surface area contributed by atoms with E-state index in [0.29, 0.717) is 26.1 Å². The fraction of sp³-hybridized carbons (Fsp3) is 0.806. The molecule has 3 heterocycles. The molecule has 3 N–H and O–H groups in total. The van der Waals surface area contributed by atoms with Crippen LogP contribution in [0.1, 0.15) is 142 Å². The SMILES string of the molecule is C/C=C/CC(C)[C@H]1ON2C(=O)[C@H](C(C)C)N(C)C(=O)[C@H](CC(C)C)N(C)C(=O)[C@H](CC(C)C)N(C)C(=O)[C@@H](C)NC(=O)[C@H](C)N(C)C(=O)[C@H](C(C)C)NC(=O)[C@H]([C@@H](C)OCCCCN3CCOCC3)N(C)C(=O)[C@@H](C)N(C)C(=O)[C@H](CC)NC(=O)[C@H]12. The maximum absolute atomic E-state index is 15.1. The fourth-order valence-electron chi connectivity index (χ4n) is 11.4. The van der Waals surface area contributed by atoms with Crippen LogP contribution in [0.25, 0.3) is 0 Å². The molecule has 24 nitrogen and oxygen atoms in total. The van der Waals surface area contributed by atoms with E-state index < -0.39 is 144 Å². The molecule has 3 aliphatic heterocycles. The van der Waals surface area contributed by atoms with E-state index in [9.17, 15) is 38.4 Å². The van der Waals surface area contributed by atoms with Crippen LogP contribution in [0.15, 0.2) is 12.2 Å². The van der Waals surface area contributed by atoms with Gasteiger partial charge in [0.15, 0.2) is 6.04 Å². The molecular weight excluding hydrogens is 1110 g/mol. The van der Waals surface area contributed by atoms with Gasteiger partial charge in [0.1, 0.15) is 60.5 Å². The summed E-state index contributed by atoms with van der Waals surface area (Å²) in [5.41, 5.74) is 0. The number of ether oxygens (including phenoxy) is 2. The molecule has 13 atom stereocenters. The number of unbranched alkanes of at least 4 members (excludes halogenated alkanes) is 1. The number of morpholine rings is 1. The lowest BCUT2D eigenvalue weighted by Crippen LogP contribution is -2.72. The van der Waals surface area contributed by atoms with Gasteiger partial charge in [-0.2, -0.15) is 0 Å². The van der Waals surface area contributed by atoms with Crippen molar-refractivity contribution in [3.8, 4) is 0 Å². The highest BCUT2D eigenvalue weighted by Crippen LogP contribution is 2.34. The topological polar surface area (TPSA) is 260 Å². The van der Waals surface area contributed by atoms with Crippen LogP contribution in [-0.4, -0.2) is 253 Å². The zero-order valence-corrected chi connectivity index (χ0v) is 55.8. The number of rotatable bonds is 17. The Morgan fingerprint density at radius 3 is 1.63 bits per heavy atom. The third-order valence-corrected chi connectivity index (χ3v) is 17.2. The lowest BCUT2D eigenvalue weighted by Gasteiger charge is -2.50. The summed E-state index contributed by atoms with van der Waals surface area (Å²) >= 11 is 0. The Morgan fingerprint density at radius 1 is 0.570 bits per heavy atom. The van der Waals surface area contributed by atoms with Crippen LogP contribution in [0, 0.1) is 29.6 Å². The van der Waals surface area contributed by atoms with Crippen molar-refractivity contribution >= 4 is 59.1 Å². The van der Waals surface area contributed by atoms with Crippen molar-refractivity contribution in [3.63, 3.8) is 0 Å². The molecule has 0 spiro atoms. The van der Waals surface area contributed by atoms with Gasteiger partial charge in [-0.1, -0.05) is 81.4 Å². The number of nitrogens with one attached hydrogen (secondary N) is 3. The summed E-state index contributed by atoms with van der Waals surface area (Å²) in [5.74, 6) is -8.14. The summed E-state index contributed by atoms with van der Waals surface area (Å²) in [5, 5.41) is 9.42. The molecule has 0 radical (unpaired) electrons. The standard InChI is InChI=1S/C62H109N11O13/c1-22-24-27-40(11)52-51-55(76)64-45(23-2)58(79)67(17)43(14)57(78)71(21)50(44(15)85-31-26-25-28-72-29-32-84-33-30-72)54(75)65-48(38(7)8)61(82)66(16)42(13)53(74)63-41(12)56(77)68(18)46(34-36(3)4)59(80)69(19)47(35-37(5)6)60(81)70(20)49(39(9)10)62(83)73(51)86-52/h22,24,36-52H,23,25-35H2,1-21H3,(H,63,74)(H,64,76)(H,65,75)/b24-22+/t40?,41-,42+,43-,44-,45+,46+,47+,48+,49+,50+,51+,52-/m1/s1. The first kappa shape index (κ1) is 74.5. The average Bonchev–Trinajstić information content (AvgIpc) is 1.33. The number of nitrogens with zero attached hydrogens (tertiary/aromatic N) is 8. The molecule has 0 aromatic heterocycles. The Morgan fingerprint density at radius 2 is 1.10 bits per heavy atom. The zero-order valence-electron chi connectivity index (χ0n) is 55.8. The van der Waals surface area contributed by atoms with Gasteiger partial charge in [-0.15, -0.1) is 0 Å². The van der Waals surface area contributed by atoms with E-state index in [1.54, 1.807) is 41.5 Å². The van der Waals surface area contributed by atoms with Crippen molar-refractivity contribution in [1.29, 1.82) is 0 Å². The number of allylic oxidation sites excluding steroid dienone is 2. The van der Waals surface area contributed by atoms with E-state index in [0.717, 1.165) is 31.1 Å². The lowest BCUT2D eigenvalue weighted by atomic mass is 9.90. The third kappa shape index (κ3) is 19.1. The molecule has 0 saturated carbocycles. The maximum atomic E-state index is 15.1. The number of amides is 10. The molecule has 24 heteroatoms. The van der Waals surface area contributed by atoms with Crippen LogP contribution in [0.3, 0.4) is 0 Å². The van der Waals surface area contributed by atoms with Gasteiger partial charge in [0, 0.05) is 62.0 Å². The maximum Gasteiger partial charge on any atom is 0.270 e. The van der Waals surface area contributed by atoms with Crippen molar-refractivity contribution < 1.29 is 62.3 Å². The van der Waals surface area contributed by atoms with Crippen molar-refractivity contribution in [1.82, 2.24) is 55.3 Å². The summed E-state index contributed by atoms with van der Waals surface area (Å²) < 4.78 is 11.8. The number of carbonyl (C=O) groups excluding carboxylic acids is 10. The second kappa shape index (κ2) is 34.1. The first-order chi connectivity index (χ1) is 40.2. The monoisotopic (exact) mass is 1220 g/mol. The van der Waals surface area contributed by atoms with Crippen LogP contribution in [-0.2, 0) is 62.3 Å². The van der Waals surface area contributed by atoms with Crippen LogP contribution in [0.5, 0.6) is 0 Å². The van der Waals surface area contributed by atoms with Crippen molar-refractivity contribution in [2.45, 2.75) is 215 Å². The zero-order chi connectivity index (χ0) is 65.3. The van der Waals surface area contributed by atoms with Gasteiger partial charge < -0.3 is 54.8 Å². The van der Waals surface area contributed by atoms with Crippen molar-refractivity contribution in [2.75, 3.05) is 81.7 Å². The molecule has 3 rings (SSSR count). The lowest BCUT2D eigenvalue weighted by molar-refractivity contribution is -0.321. The van der Waals surface area contributed by atoms with E-state index in [1.165, 1.54) is 92.5 Å². The molecule has 0 aromatic carbocycles. The number of carbonyl (C=O) groups is 10. The minimum Gasteiger partial charge on any atom is -0.379 e. The summed E-state index contributed by atoms with van der Waals surface area (Å²) in [7, 11) is 8.67. The van der Waals surface area contributed by atoms with Gasteiger partial charge in [0.25, 0.3) is 5.91 Å². The van der Waals surface area contributed by atoms with Crippen LogP contribution in [0.2, 0.25) is 0 Å². The Balaban J connectivity index is 2.24. The summed E-state index contributed by atoms with van der Waals surface area (Å²) in [6.07, 6.45) is 4.35. The van der Waals surface area contributed by atoms with Crippen LogP contribution in [0.4, 0.5) is 0 Å². The number of hydrogen-bond donors (Lipinski definition) is 3. The Hall–Kier alpha value is -5.72. The summed E-state index contributed by atoms with van der Waals surface area (Å²) in [6, 6.07) is -12.1. The highest BCUT2D eigenvalue weighted by molar-refractivity contribution is 5.99. The number of likely N-dealkylation sites (N-methyl/N-ethyl adjacent to an activating group) is 6. The Bertz CT molecular complexity index is 2350. The van der Waals surface area contributed by atoms with Crippen LogP contribution >= 0.6 is 0 Å². The van der Waals surface area contributed by atoms with E-state index in [4.69, 9.17) is 14.3 Å². The van der Waals surface area contributed by atoms with E-state index in [1.807, 2.05) is 53.7 Å². The summed E-state index contributed by atoms with van der Waals surface area (Å²) in [6.45, 7) is 30.1. The first-order valence-corrected chi connectivity index (χ1v) is 31.2. The predicted octanol–water partition coefficient (Wildman–Crippen LogP) is 2.92. The molecule has 86 heavy (non-hydrogen) atoms. The number of hydrogen-bond acceptors (Lipinski definition) is 14. The molecule has 10 amide bonds. The highest BCUT2D eigenvalue weighted by atomic mass is 16.7. The second-order valence-corrected chi connectivity index (χ2v) is 25.6. The molecular formula is C62H109N11O13. The van der Waals surface area contributed by atoms with E-state index in [-0.39, 0.29) is 43.6 Å². The van der Waals surface area contributed by atoms with Gasteiger partial charge in [-0.05, 0) is 109 Å². The molecule has 3 fully saturated rings. The number of fused-ring (bicyclic) bond motifs is 1. The van der Waals surface area contributed by atoms with Crippen LogP contribution < -0.4 is 16.0 Å². The minimum absolute atomic E-state index is 0.0725. The average molecular weight is 1220 g/mol. The molecule has 3 aliphatic rings. The normalized spacial score (nSPS) is 28.9. The predicted molar refractivity (Wildman–Crippen MR) is 327 cm³/mol. The van der Waals surface area contributed by atoms with E-state index >= 15 is 9.59 Å². The van der Waals surface area contributed by atoms with Gasteiger partial charge in [-0.3, -0.25) is 57.7 Å². The Labute approximate surface area is 513 Å². The molecule has 0 aromatic rings. The van der Waals surface area contributed by atoms with Crippen molar-refractivity contribution in [3.05, 3.63) is 12.2 Å². The highest BCUT2D eigenvalue weighted by Gasteiger charge is 2.54. The fourth-order valence-corrected chi connectivity index (χ4v) is 11.4. The Kier molecular flexibility index (Phi) is 29.6. The molecule has 490 valence electrons. The first-order valence-electron chi connectivity index (χ1n) is 31.2. The smallest absolute Gasteiger partial charge is 0.270 e. The molecule has 0 bridgehead atoms. The molecule has 3 saturated heterocycles. The van der Waals surface area contributed by atoms with Gasteiger partial charge >= 0.3 is 0 Å². The van der Waals surface area contributed by atoms with Gasteiger partial charge in [0.05, 0.1) is 19.3 Å². The number of hydroxylamine groups is 2. The van der Waals surface area contributed by atoms with Crippen molar-refractivity contribution in [2.24, 2.45) is 29.6 Å². The molecule has 1 unspecified atom stereocenters. The molecule has 0 aliphatic carbocycles. The minimum atomic E-state index is -1.35. The van der Waals surface area contributed by atoms with E-state index in [2.05, 4.69) is 20.9 Å². The summed E-state index contributed by atoms with van der Waals surface area (Å²) in [4.78, 5) is 163. The quantitative estimate of drug-likeness (QED) is 0.140. The van der Waals surface area contributed by atoms with Gasteiger partial charge in [-0.25, -0.2) is 5.06 Å². The second-order valence-electron chi connectivity index (χ2n) is 25.6. The largest absolute Gasteiger partial charge is 0.379 e. The third-order valence-electron chi connectivity index (χ3n) is 17.2. The van der Waals surface area contributed by atoms with Gasteiger partial charge in [0.2, 0.25) is 53.2 Å².